The molecule has 1 amide bonds. The van der Waals surface area contributed by atoms with E-state index in [1.54, 1.807) is 6.07 Å². The number of amides is 1. The summed E-state index contributed by atoms with van der Waals surface area (Å²) in [6.45, 7) is 4.92. The molecule has 3 rings (SSSR count). The van der Waals surface area contributed by atoms with Gasteiger partial charge in [0.2, 0.25) is 0 Å². The van der Waals surface area contributed by atoms with Crippen molar-refractivity contribution in [3.8, 4) is 5.75 Å². The summed E-state index contributed by atoms with van der Waals surface area (Å²) < 4.78 is 8.55. The molecule has 0 aliphatic rings. The largest absolute Gasteiger partial charge is 0.482 e. The smallest absolute Gasteiger partial charge is 0.258 e. The fourth-order valence-corrected chi connectivity index (χ4v) is 3.87. The van der Waals surface area contributed by atoms with Crippen molar-refractivity contribution in [1.29, 1.82) is 0 Å². The number of fused-ring (bicyclic) bond motifs is 1. The number of benzene rings is 2. The van der Waals surface area contributed by atoms with E-state index < -0.39 is 0 Å². The highest BCUT2D eigenvalue weighted by Gasteiger charge is 2.11. The third-order valence-corrected chi connectivity index (χ3v) is 4.78. The molecular formula is C19H19BrClN3O2. The molecule has 26 heavy (non-hydrogen) atoms. The number of imidazole rings is 1. The van der Waals surface area contributed by atoms with Gasteiger partial charge in [-0.25, -0.2) is 4.98 Å². The molecule has 0 saturated carbocycles. The molecule has 0 aliphatic carbocycles. The highest BCUT2D eigenvalue weighted by atomic mass is 79.9. The monoisotopic (exact) mass is 435 g/mol. The van der Waals surface area contributed by atoms with Crippen molar-refractivity contribution in [3.05, 3.63) is 57.3 Å². The number of aromatic nitrogens is 2. The van der Waals surface area contributed by atoms with Gasteiger partial charge in [-0.05, 0) is 43.7 Å². The summed E-state index contributed by atoms with van der Waals surface area (Å²) in [4.78, 5) is 16.6. The Morgan fingerprint density at radius 2 is 2.08 bits per heavy atom. The van der Waals surface area contributed by atoms with E-state index in [-0.39, 0.29) is 12.5 Å². The zero-order valence-electron chi connectivity index (χ0n) is 14.6. The van der Waals surface area contributed by atoms with E-state index in [2.05, 4.69) is 30.8 Å². The van der Waals surface area contributed by atoms with E-state index >= 15 is 0 Å². The maximum absolute atomic E-state index is 12.1. The maximum atomic E-state index is 12.1. The Morgan fingerprint density at radius 1 is 1.31 bits per heavy atom. The molecule has 0 fully saturated rings. The second kappa shape index (κ2) is 8.10. The molecule has 0 aliphatic heterocycles. The predicted molar refractivity (Wildman–Crippen MR) is 107 cm³/mol. The number of halogens is 2. The number of carbonyl (C=O) groups is 1. The minimum absolute atomic E-state index is 0.0775. The number of para-hydroxylation sites is 2. The highest BCUT2D eigenvalue weighted by molar-refractivity contribution is 9.10. The molecule has 3 aromatic rings. The first kappa shape index (κ1) is 18.7. The predicted octanol–water partition coefficient (Wildman–Crippen LogP) is 4.26. The van der Waals surface area contributed by atoms with Crippen molar-refractivity contribution in [2.75, 3.05) is 13.2 Å². The van der Waals surface area contributed by atoms with Crippen LogP contribution in [0.4, 0.5) is 0 Å². The van der Waals surface area contributed by atoms with Gasteiger partial charge < -0.3 is 14.6 Å². The molecule has 0 bridgehead atoms. The molecule has 1 aromatic heterocycles. The molecule has 136 valence electrons. The van der Waals surface area contributed by atoms with Crippen LogP contribution in [0.15, 0.2) is 40.9 Å². The quantitative estimate of drug-likeness (QED) is 0.628. The molecular weight excluding hydrogens is 418 g/mol. The lowest BCUT2D eigenvalue weighted by Crippen LogP contribution is -2.31. The summed E-state index contributed by atoms with van der Waals surface area (Å²) in [5, 5.41) is 3.35. The van der Waals surface area contributed by atoms with Crippen LogP contribution in [-0.4, -0.2) is 28.6 Å². The number of rotatable bonds is 6. The lowest BCUT2D eigenvalue weighted by molar-refractivity contribution is -0.123. The Kier molecular flexibility index (Phi) is 5.84. The van der Waals surface area contributed by atoms with E-state index in [1.807, 2.05) is 44.2 Å². The summed E-state index contributed by atoms with van der Waals surface area (Å²) in [5.41, 5.74) is 2.89. The first-order chi connectivity index (χ1) is 12.5. The zero-order valence-corrected chi connectivity index (χ0v) is 16.9. The Labute approximate surface area is 165 Å². The first-order valence-corrected chi connectivity index (χ1v) is 9.40. The molecule has 1 N–H and O–H groups in total. The average Bonchev–Trinajstić information content (AvgIpc) is 2.89. The number of aryl methyl sites for hydroxylation is 2. The van der Waals surface area contributed by atoms with E-state index in [9.17, 15) is 4.79 Å². The van der Waals surface area contributed by atoms with Crippen LogP contribution in [0, 0.1) is 13.8 Å². The van der Waals surface area contributed by atoms with Crippen LogP contribution in [0.1, 0.15) is 11.4 Å². The number of hydrogen-bond acceptors (Lipinski definition) is 3. The summed E-state index contributed by atoms with van der Waals surface area (Å²) in [5.74, 6) is 1.26. The van der Waals surface area contributed by atoms with Crippen molar-refractivity contribution >= 4 is 44.5 Å². The normalized spacial score (nSPS) is 10.9. The second-order valence-corrected chi connectivity index (χ2v) is 7.29. The fraction of sp³-hybridized carbons (Fsp3) is 0.263. The summed E-state index contributed by atoms with van der Waals surface area (Å²) in [7, 11) is 0. The number of carbonyl (C=O) groups excluding carboxylic acids is 1. The average molecular weight is 437 g/mol. The van der Waals surface area contributed by atoms with Gasteiger partial charge in [0.25, 0.3) is 5.91 Å². The van der Waals surface area contributed by atoms with Gasteiger partial charge in [0.1, 0.15) is 11.6 Å². The van der Waals surface area contributed by atoms with Crippen LogP contribution in [0.5, 0.6) is 5.75 Å². The van der Waals surface area contributed by atoms with E-state index in [0.717, 1.165) is 26.9 Å². The van der Waals surface area contributed by atoms with Gasteiger partial charge in [0, 0.05) is 17.6 Å². The van der Waals surface area contributed by atoms with Gasteiger partial charge in [-0.1, -0.05) is 39.7 Å². The second-order valence-electron chi connectivity index (χ2n) is 5.97. The van der Waals surface area contributed by atoms with Crippen molar-refractivity contribution in [2.45, 2.75) is 20.4 Å². The van der Waals surface area contributed by atoms with E-state index in [1.165, 1.54) is 0 Å². The van der Waals surface area contributed by atoms with Crippen LogP contribution in [0.2, 0.25) is 5.02 Å². The van der Waals surface area contributed by atoms with Gasteiger partial charge in [-0.15, -0.1) is 0 Å². The SMILES string of the molecule is Cc1cc(Br)cc(Cl)c1OCC(=O)NCCn1c(C)nc2ccccc21. The third-order valence-electron chi connectivity index (χ3n) is 4.04. The number of ether oxygens (including phenoxy) is 1. The Morgan fingerprint density at radius 3 is 2.85 bits per heavy atom. The fourth-order valence-electron chi connectivity index (χ4n) is 2.85. The molecule has 0 spiro atoms. The molecule has 5 nitrogen and oxygen atoms in total. The topological polar surface area (TPSA) is 56.1 Å². The number of nitrogens with one attached hydrogen (secondary N) is 1. The summed E-state index contributed by atoms with van der Waals surface area (Å²) in [6, 6.07) is 11.6. The lowest BCUT2D eigenvalue weighted by atomic mass is 10.2. The lowest BCUT2D eigenvalue weighted by Gasteiger charge is -2.12. The van der Waals surface area contributed by atoms with Gasteiger partial charge in [-0.2, -0.15) is 0 Å². The van der Waals surface area contributed by atoms with Crippen LogP contribution in [0.3, 0.4) is 0 Å². The summed E-state index contributed by atoms with van der Waals surface area (Å²) in [6.07, 6.45) is 0. The molecule has 2 aromatic carbocycles. The molecule has 1 heterocycles. The third kappa shape index (κ3) is 4.19. The Balaban J connectivity index is 1.54. The van der Waals surface area contributed by atoms with Crippen LogP contribution in [0.25, 0.3) is 11.0 Å². The van der Waals surface area contributed by atoms with Gasteiger partial charge in [0.05, 0.1) is 16.1 Å². The van der Waals surface area contributed by atoms with Crippen molar-refractivity contribution < 1.29 is 9.53 Å². The van der Waals surface area contributed by atoms with Crippen molar-refractivity contribution in [2.24, 2.45) is 0 Å². The maximum Gasteiger partial charge on any atom is 0.258 e. The molecule has 0 unspecified atom stereocenters. The molecule has 0 saturated heterocycles. The van der Waals surface area contributed by atoms with Gasteiger partial charge in [-0.3, -0.25) is 4.79 Å². The zero-order chi connectivity index (χ0) is 18.7. The van der Waals surface area contributed by atoms with Crippen molar-refractivity contribution in [1.82, 2.24) is 14.9 Å². The highest BCUT2D eigenvalue weighted by Crippen LogP contribution is 2.31. The summed E-state index contributed by atoms with van der Waals surface area (Å²) >= 11 is 9.54. The van der Waals surface area contributed by atoms with Crippen LogP contribution >= 0.6 is 27.5 Å². The standard InChI is InChI=1S/C19H19BrClN3O2/c1-12-9-14(20)10-15(21)19(12)26-11-18(25)22-7-8-24-13(2)23-16-5-3-4-6-17(16)24/h3-6,9-10H,7-8,11H2,1-2H3,(H,22,25). The Bertz CT molecular complexity index is 932. The number of nitrogens with zero attached hydrogens (tertiary/aromatic N) is 2. The van der Waals surface area contributed by atoms with E-state index in [4.69, 9.17) is 16.3 Å². The molecule has 0 radical (unpaired) electrons. The van der Waals surface area contributed by atoms with Gasteiger partial charge >= 0.3 is 0 Å². The van der Waals surface area contributed by atoms with Crippen molar-refractivity contribution in [3.63, 3.8) is 0 Å². The Hall–Kier alpha value is -2.05. The molecule has 7 heteroatoms. The van der Waals surface area contributed by atoms with Crippen LogP contribution < -0.4 is 10.1 Å². The van der Waals surface area contributed by atoms with Gasteiger partial charge in [0.15, 0.2) is 6.61 Å². The molecule has 0 atom stereocenters. The minimum atomic E-state index is -0.189. The first-order valence-electron chi connectivity index (χ1n) is 8.22. The number of hydrogen-bond donors (Lipinski definition) is 1. The van der Waals surface area contributed by atoms with Crippen LogP contribution in [-0.2, 0) is 11.3 Å². The minimum Gasteiger partial charge on any atom is -0.482 e. The van der Waals surface area contributed by atoms with E-state index in [0.29, 0.717) is 23.9 Å².